The summed E-state index contributed by atoms with van der Waals surface area (Å²) in [6, 6.07) is 5.35. The number of nitrogens with zero attached hydrogens (tertiary/aromatic N) is 5. The molecule has 9 nitrogen and oxygen atoms in total. The van der Waals surface area contributed by atoms with Crippen molar-refractivity contribution in [1.29, 1.82) is 0 Å². The Bertz CT molecular complexity index is 1010. The Kier molecular flexibility index (Phi) is 3.88. The fourth-order valence-corrected chi connectivity index (χ4v) is 3.86. The van der Waals surface area contributed by atoms with Crippen molar-refractivity contribution in [1.82, 2.24) is 24.6 Å². The summed E-state index contributed by atoms with van der Waals surface area (Å²) in [4.78, 5) is 34.9. The van der Waals surface area contributed by atoms with Crippen LogP contribution in [0.25, 0.3) is 10.6 Å². The average molecular weight is 370 g/mol. The number of rotatable bonds is 5. The van der Waals surface area contributed by atoms with Crippen LogP contribution in [0.3, 0.4) is 0 Å². The zero-order valence-electron chi connectivity index (χ0n) is 13.7. The van der Waals surface area contributed by atoms with Crippen LogP contribution >= 0.6 is 11.3 Å². The molecule has 1 amide bonds. The smallest absolute Gasteiger partial charge is 0.323 e. The van der Waals surface area contributed by atoms with Crippen LogP contribution in [0.1, 0.15) is 15.2 Å². The van der Waals surface area contributed by atoms with E-state index in [0.29, 0.717) is 23.8 Å². The second kappa shape index (κ2) is 6.23. The lowest BCUT2D eigenvalue weighted by Crippen LogP contribution is -2.29. The van der Waals surface area contributed by atoms with Crippen LogP contribution in [0.15, 0.2) is 30.6 Å². The van der Waals surface area contributed by atoms with Crippen LogP contribution in [-0.4, -0.2) is 48.2 Å². The number of nitrogens with one attached hydrogen (secondary N) is 1. The number of amides is 1. The maximum absolute atomic E-state index is 12.3. The van der Waals surface area contributed by atoms with E-state index in [1.54, 1.807) is 29.2 Å². The molecule has 0 atom stereocenters. The minimum Gasteiger partial charge on any atom is -0.480 e. The first-order valence-corrected chi connectivity index (χ1v) is 8.55. The molecule has 4 rings (SSSR count). The Morgan fingerprint density at radius 2 is 2.23 bits per heavy atom. The summed E-state index contributed by atoms with van der Waals surface area (Å²) in [6.07, 6.45) is 3.31. The van der Waals surface area contributed by atoms with Crippen molar-refractivity contribution in [2.75, 3.05) is 11.9 Å². The van der Waals surface area contributed by atoms with E-state index in [1.807, 2.05) is 13.1 Å². The number of aryl methyl sites for hydroxylation is 1. The van der Waals surface area contributed by atoms with Gasteiger partial charge in [0.1, 0.15) is 12.4 Å². The van der Waals surface area contributed by atoms with Gasteiger partial charge in [0.05, 0.1) is 28.9 Å². The molecule has 0 saturated heterocycles. The number of anilines is 2. The van der Waals surface area contributed by atoms with Crippen LogP contribution in [0.5, 0.6) is 0 Å². The number of carboxylic acids is 1. The molecule has 0 bridgehead atoms. The number of carbonyl (C=O) groups excluding carboxylic acids is 1. The molecule has 132 valence electrons. The molecule has 0 aliphatic carbocycles. The lowest BCUT2D eigenvalue weighted by Gasteiger charge is -2.12. The molecule has 4 heterocycles. The van der Waals surface area contributed by atoms with Gasteiger partial charge < -0.3 is 15.3 Å². The summed E-state index contributed by atoms with van der Waals surface area (Å²) < 4.78 is 1.67. The summed E-state index contributed by atoms with van der Waals surface area (Å²) in [5, 5.41) is 16.0. The lowest BCUT2D eigenvalue weighted by atomic mass is 10.2. The summed E-state index contributed by atoms with van der Waals surface area (Å²) >= 11 is 1.44. The van der Waals surface area contributed by atoms with Gasteiger partial charge in [-0.25, -0.2) is 9.97 Å². The number of hydrogen-bond donors (Lipinski definition) is 2. The average Bonchev–Trinajstić information content (AvgIpc) is 3.26. The van der Waals surface area contributed by atoms with Crippen molar-refractivity contribution in [2.45, 2.75) is 6.54 Å². The van der Waals surface area contributed by atoms with Crippen molar-refractivity contribution in [2.24, 2.45) is 7.05 Å². The van der Waals surface area contributed by atoms with E-state index in [0.717, 1.165) is 15.6 Å². The number of carbonyl (C=O) groups is 2. The van der Waals surface area contributed by atoms with Crippen molar-refractivity contribution in [3.63, 3.8) is 0 Å². The number of hydrogen-bond acceptors (Lipinski definition) is 7. The van der Waals surface area contributed by atoms with Crippen LogP contribution in [0.2, 0.25) is 0 Å². The van der Waals surface area contributed by atoms with Gasteiger partial charge in [-0.3, -0.25) is 14.3 Å². The van der Waals surface area contributed by atoms with E-state index in [2.05, 4.69) is 20.4 Å². The highest BCUT2D eigenvalue weighted by atomic mass is 32.1. The highest BCUT2D eigenvalue weighted by molar-refractivity contribution is 7.15. The molecule has 1 aliphatic heterocycles. The van der Waals surface area contributed by atoms with Crippen molar-refractivity contribution in [3.8, 4) is 10.6 Å². The maximum atomic E-state index is 12.3. The highest BCUT2D eigenvalue weighted by Crippen LogP contribution is 2.36. The number of carboxylic acid groups (broad SMARTS) is 1. The molecule has 0 unspecified atom stereocenters. The molecule has 2 N–H and O–H groups in total. The highest BCUT2D eigenvalue weighted by Gasteiger charge is 2.31. The molecule has 0 spiro atoms. The third kappa shape index (κ3) is 2.90. The zero-order chi connectivity index (χ0) is 18.3. The van der Waals surface area contributed by atoms with Gasteiger partial charge in [0.15, 0.2) is 0 Å². The lowest BCUT2D eigenvalue weighted by molar-refractivity contribution is -0.137. The first kappa shape index (κ1) is 16.2. The van der Waals surface area contributed by atoms with Gasteiger partial charge in [-0.2, -0.15) is 5.10 Å². The minimum absolute atomic E-state index is 0.257. The standard InChI is InChI=1S/C16H14N6O3S/c1-21-13(3-5-18-21)20-16-17-4-2-10(19-16)11-6-9-12(26-11)7-22(15(9)25)8-14(23)24/h2-6H,7-8H2,1H3,(H,23,24)(H,17,19,20). The van der Waals surface area contributed by atoms with E-state index in [-0.39, 0.29) is 12.5 Å². The minimum atomic E-state index is -1.02. The molecular weight excluding hydrogens is 356 g/mol. The van der Waals surface area contributed by atoms with Gasteiger partial charge >= 0.3 is 5.97 Å². The topological polar surface area (TPSA) is 113 Å². The van der Waals surface area contributed by atoms with Crippen molar-refractivity contribution < 1.29 is 14.7 Å². The van der Waals surface area contributed by atoms with Crippen LogP contribution < -0.4 is 5.32 Å². The maximum Gasteiger partial charge on any atom is 0.323 e. The summed E-state index contributed by atoms with van der Waals surface area (Å²) in [6.45, 7) is 0.0260. The summed E-state index contributed by atoms with van der Waals surface area (Å²) in [7, 11) is 1.81. The third-order valence-electron chi connectivity index (χ3n) is 3.96. The molecule has 3 aromatic rings. The quantitative estimate of drug-likeness (QED) is 0.703. The summed E-state index contributed by atoms with van der Waals surface area (Å²) in [5.74, 6) is -0.0867. The van der Waals surface area contributed by atoms with Crippen molar-refractivity contribution >= 4 is 35.0 Å². The van der Waals surface area contributed by atoms with Gasteiger partial charge in [-0.05, 0) is 12.1 Å². The van der Waals surface area contributed by atoms with E-state index in [9.17, 15) is 9.59 Å². The van der Waals surface area contributed by atoms with Gasteiger partial charge in [0, 0.05) is 24.2 Å². The Morgan fingerprint density at radius 3 is 2.92 bits per heavy atom. The van der Waals surface area contributed by atoms with Crippen LogP contribution in [-0.2, 0) is 18.4 Å². The van der Waals surface area contributed by atoms with Crippen molar-refractivity contribution in [3.05, 3.63) is 41.0 Å². The molecule has 10 heteroatoms. The van der Waals surface area contributed by atoms with E-state index >= 15 is 0 Å². The predicted molar refractivity (Wildman–Crippen MR) is 94.2 cm³/mol. The Hall–Kier alpha value is -3.27. The summed E-state index contributed by atoms with van der Waals surface area (Å²) in [5.41, 5.74) is 1.24. The molecule has 0 fully saturated rings. The number of aromatic nitrogens is 4. The predicted octanol–water partition coefficient (Wildman–Crippen LogP) is 1.72. The fourth-order valence-electron chi connectivity index (χ4n) is 2.73. The molecule has 0 radical (unpaired) electrons. The van der Waals surface area contributed by atoms with Gasteiger partial charge in [-0.1, -0.05) is 0 Å². The molecule has 26 heavy (non-hydrogen) atoms. The normalized spacial score (nSPS) is 13.1. The van der Waals surface area contributed by atoms with Crippen LogP contribution in [0, 0.1) is 0 Å². The second-order valence-corrected chi connectivity index (χ2v) is 6.87. The number of thiophene rings is 1. The van der Waals surface area contributed by atoms with E-state index < -0.39 is 5.97 Å². The van der Waals surface area contributed by atoms with Gasteiger partial charge in [0.2, 0.25) is 5.95 Å². The first-order chi connectivity index (χ1) is 12.5. The molecule has 0 aromatic carbocycles. The third-order valence-corrected chi connectivity index (χ3v) is 5.10. The van der Waals surface area contributed by atoms with E-state index in [1.165, 1.54) is 16.2 Å². The second-order valence-electron chi connectivity index (χ2n) is 5.73. The largest absolute Gasteiger partial charge is 0.480 e. The molecular formula is C16H14N6O3S. The zero-order valence-corrected chi connectivity index (χ0v) is 14.5. The monoisotopic (exact) mass is 370 g/mol. The van der Waals surface area contributed by atoms with Gasteiger partial charge in [0.25, 0.3) is 5.91 Å². The molecule has 0 saturated carbocycles. The van der Waals surface area contributed by atoms with Crippen LogP contribution in [0.4, 0.5) is 11.8 Å². The fraction of sp³-hybridized carbons (Fsp3) is 0.188. The SMILES string of the molecule is Cn1nccc1Nc1nccc(-c2cc3c(s2)CN(CC(=O)O)C3=O)n1. The van der Waals surface area contributed by atoms with Gasteiger partial charge in [-0.15, -0.1) is 11.3 Å². The molecule has 3 aromatic heterocycles. The Morgan fingerprint density at radius 1 is 1.38 bits per heavy atom. The Balaban J connectivity index is 1.58. The first-order valence-electron chi connectivity index (χ1n) is 7.73. The Labute approximate surface area is 151 Å². The number of aliphatic carboxylic acids is 1. The van der Waals surface area contributed by atoms with E-state index in [4.69, 9.17) is 5.11 Å². The molecule has 1 aliphatic rings. The number of fused-ring (bicyclic) bond motifs is 1.